The van der Waals surface area contributed by atoms with Gasteiger partial charge in [-0.25, -0.2) is 9.98 Å². The predicted octanol–water partition coefficient (Wildman–Crippen LogP) is -2.33. The summed E-state index contributed by atoms with van der Waals surface area (Å²) >= 11 is 0. The first-order valence-corrected chi connectivity index (χ1v) is 3.17. The summed E-state index contributed by atoms with van der Waals surface area (Å²) in [5.41, 5.74) is 20.7. The van der Waals surface area contributed by atoms with Crippen LogP contribution in [0.25, 0.3) is 0 Å². The van der Waals surface area contributed by atoms with Gasteiger partial charge in [0.2, 0.25) is 0 Å². The fraction of sp³-hybridized carbons (Fsp3) is 0.600. The molecule has 0 aromatic rings. The van der Waals surface area contributed by atoms with E-state index in [1.165, 1.54) is 0 Å². The highest BCUT2D eigenvalue weighted by molar-refractivity contribution is 6.02. The van der Waals surface area contributed by atoms with E-state index in [0.717, 1.165) is 0 Å². The van der Waals surface area contributed by atoms with E-state index in [9.17, 15) is 0 Å². The molecule has 62 valence electrons. The molecule has 0 aromatic heterocycles. The molecule has 1 rings (SSSR count). The molecular weight excluding hydrogens is 144 g/mol. The van der Waals surface area contributed by atoms with Crippen molar-refractivity contribution in [1.29, 1.82) is 0 Å². The molecule has 0 saturated carbocycles. The van der Waals surface area contributed by atoms with Crippen LogP contribution in [0.3, 0.4) is 0 Å². The van der Waals surface area contributed by atoms with E-state index in [1.807, 2.05) is 0 Å². The van der Waals surface area contributed by atoms with Gasteiger partial charge in [-0.05, 0) is 6.92 Å². The fourth-order valence-corrected chi connectivity index (χ4v) is 0.760. The van der Waals surface area contributed by atoms with Gasteiger partial charge in [0.1, 0.15) is 17.8 Å². The quantitative estimate of drug-likeness (QED) is 0.293. The molecule has 0 fully saturated rings. The summed E-state index contributed by atoms with van der Waals surface area (Å²) in [7, 11) is 0. The molecule has 6 nitrogen and oxygen atoms in total. The minimum absolute atomic E-state index is 0.123. The number of nitrogens with two attached hydrogens (primary N) is 4. The van der Waals surface area contributed by atoms with Crippen LogP contribution in [0.15, 0.2) is 9.98 Å². The molecule has 1 atom stereocenters. The van der Waals surface area contributed by atoms with Crippen LogP contribution in [0.2, 0.25) is 0 Å². The molecule has 0 saturated heterocycles. The van der Waals surface area contributed by atoms with Crippen LogP contribution in [0.5, 0.6) is 0 Å². The minimum Gasteiger partial charge on any atom is -0.384 e. The lowest BCUT2D eigenvalue weighted by Crippen LogP contribution is -2.70. The molecule has 0 spiro atoms. The second kappa shape index (κ2) is 2.26. The van der Waals surface area contributed by atoms with Gasteiger partial charge in [0, 0.05) is 0 Å². The summed E-state index contributed by atoms with van der Waals surface area (Å²) in [6.45, 7) is 1.68. The Kier molecular flexibility index (Phi) is 1.67. The average molecular weight is 156 g/mol. The molecule has 6 heteroatoms. The van der Waals surface area contributed by atoms with Crippen molar-refractivity contribution in [3.05, 3.63) is 0 Å². The largest absolute Gasteiger partial charge is 0.384 e. The molecule has 0 amide bonds. The predicted molar refractivity (Wildman–Crippen MR) is 43.8 cm³/mol. The third-order valence-electron chi connectivity index (χ3n) is 1.54. The first kappa shape index (κ1) is 8.12. The van der Waals surface area contributed by atoms with Gasteiger partial charge in [-0.2, -0.15) is 0 Å². The average Bonchev–Trinajstić information content (AvgIpc) is 1.84. The first-order valence-electron chi connectivity index (χ1n) is 3.17. The zero-order valence-corrected chi connectivity index (χ0v) is 6.28. The Bertz CT molecular complexity index is 227. The second-order valence-electron chi connectivity index (χ2n) is 2.55. The van der Waals surface area contributed by atoms with Crippen molar-refractivity contribution in [2.75, 3.05) is 0 Å². The molecule has 1 aliphatic heterocycles. The molecule has 1 heterocycles. The smallest absolute Gasteiger partial charge is 0.159 e. The Hall–Kier alpha value is -0.980. The van der Waals surface area contributed by atoms with E-state index in [0.29, 0.717) is 5.84 Å². The normalized spacial score (nSPS) is 29.3. The minimum atomic E-state index is -1.31. The number of rotatable bonds is 0. The van der Waals surface area contributed by atoms with Crippen molar-refractivity contribution in [3.63, 3.8) is 0 Å². The maximum atomic E-state index is 5.52. The van der Waals surface area contributed by atoms with Gasteiger partial charge in [0.25, 0.3) is 0 Å². The van der Waals surface area contributed by atoms with Gasteiger partial charge in [-0.3, -0.25) is 0 Å². The molecule has 0 aromatic carbocycles. The summed E-state index contributed by atoms with van der Waals surface area (Å²) in [6, 6.07) is 0. The second-order valence-corrected chi connectivity index (χ2v) is 2.55. The van der Waals surface area contributed by atoms with Crippen LogP contribution in [0.4, 0.5) is 0 Å². The van der Waals surface area contributed by atoms with Crippen LogP contribution in [0, 0.1) is 0 Å². The highest BCUT2D eigenvalue weighted by atomic mass is 15.2. The number of hydrogen-bond acceptors (Lipinski definition) is 6. The van der Waals surface area contributed by atoms with E-state index in [4.69, 9.17) is 22.9 Å². The first-order chi connectivity index (χ1) is 4.94. The van der Waals surface area contributed by atoms with Crippen LogP contribution in [0.1, 0.15) is 6.92 Å². The number of amidine groups is 2. The maximum absolute atomic E-state index is 5.52. The van der Waals surface area contributed by atoms with E-state index < -0.39 is 11.8 Å². The fourth-order valence-electron chi connectivity index (χ4n) is 0.760. The van der Waals surface area contributed by atoms with E-state index in [-0.39, 0.29) is 5.84 Å². The Morgan fingerprint density at radius 2 is 2.00 bits per heavy atom. The zero-order valence-electron chi connectivity index (χ0n) is 6.28. The number of nitrogens with zero attached hydrogens (tertiary/aromatic N) is 2. The van der Waals surface area contributed by atoms with Crippen LogP contribution in [-0.2, 0) is 0 Å². The van der Waals surface area contributed by atoms with E-state index >= 15 is 0 Å². The van der Waals surface area contributed by atoms with Crippen molar-refractivity contribution in [2.24, 2.45) is 32.9 Å². The van der Waals surface area contributed by atoms with E-state index in [1.54, 1.807) is 6.92 Å². The number of hydrogen-bond donors (Lipinski definition) is 4. The maximum Gasteiger partial charge on any atom is 0.159 e. The Morgan fingerprint density at radius 1 is 1.45 bits per heavy atom. The summed E-state index contributed by atoms with van der Waals surface area (Å²) in [4.78, 5) is 7.66. The molecule has 1 unspecified atom stereocenters. The van der Waals surface area contributed by atoms with Gasteiger partial charge in [0.15, 0.2) is 5.66 Å². The van der Waals surface area contributed by atoms with Crippen molar-refractivity contribution in [3.8, 4) is 0 Å². The molecule has 0 aliphatic carbocycles. The van der Waals surface area contributed by atoms with Crippen LogP contribution < -0.4 is 22.9 Å². The third-order valence-corrected chi connectivity index (χ3v) is 1.54. The van der Waals surface area contributed by atoms with Crippen molar-refractivity contribution >= 4 is 11.7 Å². The van der Waals surface area contributed by atoms with Crippen molar-refractivity contribution in [2.45, 2.75) is 18.8 Å². The molecule has 0 bridgehead atoms. The lowest BCUT2D eigenvalue weighted by molar-refractivity contribution is 0.467. The molecule has 11 heavy (non-hydrogen) atoms. The lowest BCUT2D eigenvalue weighted by Gasteiger charge is -2.30. The van der Waals surface area contributed by atoms with Crippen LogP contribution >= 0.6 is 0 Å². The summed E-state index contributed by atoms with van der Waals surface area (Å²) in [5.74, 6) is 0.624. The van der Waals surface area contributed by atoms with Gasteiger partial charge in [0.05, 0.1) is 0 Å². The monoisotopic (exact) mass is 156 g/mol. The zero-order chi connectivity index (χ0) is 8.65. The summed E-state index contributed by atoms with van der Waals surface area (Å²) in [5, 5.41) is 0. The molecule has 1 aliphatic rings. The number of aliphatic imine (C=N–C) groups is 2. The van der Waals surface area contributed by atoms with Gasteiger partial charge in [-0.1, -0.05) is 0 Å². The standard InChI is InChI=1S/C5H12N6/c1-2-10-3(6)5(8,9)4(7)11-2/h3H,6,8-9H2,1H3,(H2,7,10,11). The molecule has 8 N–H and O–H groups in total. The molecule has 0 radical (unpaired) electrons. The summed E-state index contributed by atoms with van der Waals surface area (Å²) < 4.78 is 0. The van der Waals surface area contributed by atoms with Crippen molar-refractivity contribution < 1.29 is 0 Å². The van der Waals surface area contributed by atoms with Crippen molar-refractivity contribution in [1.82, 2.24) is 0 Å². The highest BCUT2D eigenvalue weighted by Crippen LogP contribution is 2.05. The topological polar surface area (TPSA) is 129 Å². The van der Waals surface area contributed by atoms with Gasteiger partial charge >= 0.3 is 0 Å². The Labute approximate surface area is 64.3 Å². The lowest BCUT2D eigenvalue weighted by atomic mass is 10.1. The van der Waals surface area contributed by atoms with Crippen LogP contribution in [-0.4, -0.2) is 23.5 Å². The Balaban J connectivity index is 3.01. The molecular formula is C5H12N6. The van der Waals surface area contributed by atoms with Gasteiger partial charge < -0.3 is 22.9 Å². The highest BCUT2D eigenvalue weighted by Gasteiger charge is 2.34. The van der Waals surface area contributed by atoms with E-state index in [2.05, 4.69) is 9.98 Å². The summed E-state index contributed by atoms with van der Waals surface area (Å²) in [6.07, 6.45) is -0.708. The third kappa shape index (κ3) is 1.23. The van der Waals surface area contributed by atoms with Gasteiger partial charge in [-0.15, -0.1) is 0 Å². The Morgan fingerprint density at radius 3 is 2.45 bits per heavy atom. The SMILES string of the molecule is CC1=NC(N)C(N)(N)C(N)=N1.